The van der Waals surface area contributed by atoms with Crippen LogP contribution in [-0.2, 0) is 28.7 Å². The van der Waals surface area contributed by atoms with Crippen molar-refractivity contribution in [3.05, 3.63) is 0 Å². The molecule has 4 N–H and O–H groups in total. The number of carbonyl (C=O) groups is 6. The van der Waals surface area contributed by atoms with E-state index in [0.717, 1.165) is 32.1 Å². The molecule has 0 radical (unpaired) electrons. The van der Waals surface area contributed by atoms with Crippen LogP contribution in [0.5, 0.6) is 0 Å². The van der Waals surface area contributed by atoms with E-state index in [4.69, 9.17) is 10.5 Å². The summed E-state index contributed by atoms with van der Waals surface area (Å²) in [6, 6.07) is -2.68. The Balaban J connectivity index is 1.71. The highest BCUT2D eigenvalue weighted by atomic mass is 16.5. The van der Waals surface area contributed by atoms with Crippen LogP contribution < -0.4 is 16.4 Å². The highest BCUT2D eigenvalue weighted by Gasteiger charge is 2.43. The van der Waals surface area contributed by atoms with E-state index in [1.165, 1.54) is 12.0 Å². The number of primary amides is 1. The van der Waals surface area contributed by atoms with Gasteiger partial charge in [0.2, 0.25) is 23.6 Å². The van der Waals surface area contributed by atoms with Gasteiger partial charge in [-0.25, -0.2) is 4.79 Å². The molecule has 3 aliphatic rings. The summed E-state index contributed by atoms with van der Waals surface area (Å²) >= 11 is 0. The third-order valence-corrected chi connectivity index (χ3v) is 8.28. The SMILES string of the molecule is CCC(=O)[C@@H](NC(=O)[C@H](CCC(N)=O)NC(=O)[C@@H]1CC[C@@H]2CCN(C(=O)OC)CCC(=O)N21)C1CCCCC1. The van der Waals surface area contributed by atoms with E-state index in [1.807, 2.05) is 0 Å². The number of fused-ring (bicyclic) bond motifs is 1. The zero-order valence-electron chi connectivity index (χ0n) is 23.1. The average Bonchev–Trinajstić information content (AvgIpc) is 3.35. The molecule has 12 heteroatoms. The van der Waals surface area contributed by atoms with Crippen molar-refractivity contribution in [1.82, 2.24) is 20.4 Å². The number of ketones is 1. The molecule has 1 saturated carbocycles. The Morgan fingerprint density at radius 2 is 1.72 bits per heavy atom. The summed E-state index contributed by atoms with van der Waals surface area (Å²) in [6.07, 6.45) is 6.06. The molecule has 0 bridgehead atoms. The molecular weight excluding hydrogens is 506 g/mol. The molecule has 2 heterocycles. The van der Waals surface area contributed by atoms with Gasteiger partial charge in [-0.1, -0.05) is 26.2 Å². The molecule has 218 valence electrons. The zero-order chi connectivity index (χ0) is 28.5. The monoisotopic (exact) mass is 549 g/mol. The van der Waals surface area contributed by atoms with E-state index in [1.54, 1.807) is 11.8 Å². The van der Waals surface area contributed by atoms with E-state index in [9.17, 15) is 28.8 Å². The van der Waals surface area contributed by atoms with Gasteiger partial charge in [0.25, 0.3) is 0 Å². The number of nitrogens with two attached hydrogens (primary N) is 1. The highest BCUT2D eigenvalue weighted by molar-refractivity contribution is 5.95. The lowest BCUT2D eigenvalue weighted by molar-refractivity contribution is -0.142. The first kappa shape index (κ1) is 30.4. The van der Waals surface area contributed by atoms with Gasteiger partial charge in [0, 0.05) is 38.4 Å². The standard InChI is InChI=1S/C27H43N5O7/c1-3-21(33)24(17-7-5-4-6-8-17)30-25(36)19(10-12-22(28)34)29-26(37)20-11-9-18-13-15-31(27(38)39-2)16-14-23(35)32(18)20/h17-20,24H,3-16H2,1-2H3,(H2,28,34)(H,29,37)(H,30,36)/t18-,19+,20+,24+/m1/s1. The quantitative estimate of drug-likeness (QED) is 0.365. The van der Waals surface area contributed by atoms with Crippen LogP contribution in [0.4, 0.5) is 4.79 Å². The molecule has 5 amide bonds. The molecule has 2 saturated heterocycles. The number of hydrogen-bond donors (Lipinski definition) is 3. The minimum absolute atomic E-state index is 0.0111. The summed E-state index contributed by atoms with van der Waals surface area (Å²) in [5.41, 5.74) is 5.33. The van der Waals surface area contributed by atoms with Gasteiger partial charge in [-0.15, -0.1) is 0 Å². The van der Waals surface area contributed by atoms with Gasteiger partial charge < -0.3 is 30.9 Å². The van der Waals surface area contributed by atoms with Gasteiger partial charge in [-0.05, 0) is 44.4 Å². The maximum absolute atomic E-state index is 13.4. The number of carbonyl (C=O) groups excluding carboxylic acids is 6. The maximum atomic E-state index is 13.4. The van der Waals surface area contributed by atoms with Crippen molar-refractivity contribution in [3.63, 3.8) is 0 Å². The van der Waals surface area contributed by atoms with Gasteiger partial charge in [0.05, 0.1) is 13.2 Å². The molecule has 3 fully saturated rings. The fourth-order valence-corrected chi connectivity index (χ4v) is 6.12. The molecule has 0 aromatic rings. The second-order valence-electron chi connectivity index (χ2n) is 10.8. The van der Waals surface area contributed by atoms with Crippen LogP contribution in [0.15, 0.2) is 0 Å². The second kappa shape index (κ2) is 14.3. The molecule has 3 rings (SSSR count). The number of hydrogen-bond acceptors (Lipinski definition) is 7. The minimum atomic E-state index is -1.07. The lowest BCUT2D eigenvalue weighted by Crippen LogP contribution is -2.57. The number of methoxy groups -OCH3 is 1. The Morgan fingerprint density at radius 1 is 1.00 bits per heavy atom. The van der Waals surface area contributed by atoms with Crippen molar-refractivity contribution >= 4 is 35.5 Å². The maximum Gasteiger partial charge on any atom is 0.409 e. The number of nitrogens with zero attached hydrogens (tertiary/aromatic N) is 2. The Bertz CT molecular complexity index is 935. The van der Waals surface area contributed by atoms with Crippen molar-refractivity contribution in [2.75, 3.05) is 20.2 Å². The molecule has 4 atom stereocenters. The van der Waals surface area contributed by atoms with E-state index in [2.05, 4.69) is 10.6 Å². The van der Waals surface area contributed by atoms with Gasteiger partial charge >= 0.3 is 6.09 Å². The van der Waals surface area contributed by atoms with E-state index in [0.29, 0.717) is 25.8 Å². The number of rotatable bonds is 10. The Labute approximate surface area is 229 Å². The van der Waals surface area contributed by atoms with Crippen molar-refractivity contribution < 1.29 is 33.5 Å². The fraction of sp³-hybridized carbons (Fsp3) is 0.778. The van der Waals surface area contributed by atoms with E-state index < -0.39 is 41.9 Å². The first-order chi connectivity index (χ1) is 18.7. The summed E-state index contributed by atoms with van der Waals surface area (Å²) < 4.78 is 4.79. The molecule has 39 heavy (non-hydrogen) atoms. The number of nitrogens with one attached hydrogen (secondary N) is 2. The molecular formula is C27H43N5O7. The molecule has 1 aliphatic carbocycles. The van der Waals surface area contributed by atoms with Crippen LogP contribution in [-0.4, -0.2) is 89.7 Å². The topological polar surface area (TPSA) is 168 Å². The number of amides is 5. The molecule has 12 nitrogen and oxygen atoms in total. The summed E-state index contributed by atoms with van der Waals surface area (Å²) in [7, 11) is 1.30. The lowest BCUT2D eigenvalue weighted by Gasteiger charge is -2.35. The van der Waals surface area contributed by atoms with Crippen molar-refractivity contribution in [1.29, 1.82) is 0 Å². The Kier molecular flexibility index (Phi) is 11.1. The van der Waals surface area contributed by atoms with Gasteiger partial charge in [-0.3, -0.25) is 24.0 Å². The molecule has 0 aromatic carbocycles. The van der Waals surface area contributed by atoms with Crippen molar-refractivity contribution in [2.24, 2.45) is 11.7 Å². The van der Waals surface area contributed by atoms with E-state index >= 15 is 0 Å². The molecule has 0 unspecified atom stereocenters. The normalized spacial score (nSPS) is 23.6. The smallest absolute Gasteiger partial charge is 0.409 e. The van der Waals surface area contributed by atoms with Crippen LogP contribution >= 0.6 is 0 Å². The van der Waals surface area contributed by atoms with Crippen LogP contribution in [0.2, 0.25) is 0 Å². The van der Waals surface area contributed by atoms with Gasteiger partial charge in [0.1, 0.15) is 12.1 Å². The fourth-order valence-electron chi connectivity index (χ4n) is 6.12. The third-order valence-electron chi connectivity index (χ3n) is 8.28. The predicted molar refractivity (Wildman–Crippen MR) is 141 cm³/mol. The van der Waals surface area contributed by atoms with Crippen LogP contribution in [0.1, 0.15) is 84.0 Å². The summed E-state index contributed by atoms with van der Waals surface area (Å²) in [5, 5.41) is 5.63. The van der Waals surface area contributed by atoms with Crippen LogP contribution in [0, 0.1) is 5.92 Å². The van der Waals surface area contributed by atoms with Gasteiger partial charge in [0.15, 0.2) is 5.78 Å². The molecule has 0 spiro atoms. The first-order valence-electron chi connectivity index (χ1n) is 14.2. The van der Waals surface area contributed by atoms with Crippen LogP contribution in [0.3, 0.4) is 0 Å². The molecule has 0 aromatic heterocycles. The lowest BCUT2D eigenvalue weighted by atomic mass is 9.81. The zero-order valence-corrected chi connectivity index (χ0v) is 23.1. The second-order valence-corrected chi connectivity index (χ2v) is 10.8. The Morgan fingerprint density at radius 3 is 2.36 bits per heavy atom. The number of Topliss-reactive ketones (excluding diaryl/α,β-unsaturated/α-hetero) is 1. The van der Waals surface area contributed by atoms with E-state index in [-0.39, 0.29) is 55.9 Å². The first-order valence-corrected chi connectivity index (χ1v) is 14.2. The van der Waals surface area contributed by atoms with Crippen molar-refractivity contribution in [3.8, 4) is 0 Å². The predicted octanol–water partition coefficient (Wildman–Crippen LogP) is 1.00. The van der Waals surface area contributed by atoms with Crippen molar-refractivity contribution in [2.45, 2.75) is 108 Å². The summed E-state index contributed by atoms with van der Waals surface area (Å²) in [5.74, 6) is -1.86. The highest BCUT2D eigenvalue weighted by Crippen LogP contribution is 2.30. The third kappa shape index (κ3) is 7.92. The largest absolute Gasteiger partial charge is 0.453 e. The molecule has 2 aliphatic heterocycles. The summed E-state index contributed by atoms with van der Waals surface area (Å²) in [6.45, 7) is 2.37. The van der Waals surface area contributed by atoms with Gasteiger partial charge in [-0.2, -0.15) is 0 Å². The average molecular weight is 550 g/mol. The number of ether oxygens (including phenoxy) is 1. The Hall–Kier alpha value is -3.18. The van der Waals surface area contributed by atoms with Crippen LogP contribution in [0.25, 0.3) is 0 Å². The summed E-state index contributed by atoms with van der Waals surface area (Å²) in [4.78, 5) is 79.2. The minimum Gasteiger partial charge on any atom is -0.453 e.